The van der Waals surface area contributed by atoms with Crippen molar-refractivity contribution in [3.05, 3.63) is 0 Å². The van der Waals surface area contributed by atoms with Gasteiger partial charge in [-0.2, -0.15) is 0 Å². The van der Waals surface area contributed by atoms with E-state index >= 15 is 0 Å². The molecule has 1 rings (SSSR count). The maximum atomic E-state index is 11.7. The molecule has 0 aromatic rings. The Bertz CT molecular complexity index is 266. The lowest BCUT2D eigenvalue weighted by atomic mass is 9.88. The van der Waals surface area contributed by atoms with Gasteiger partial charge in [0.15, 0.2) is 0 Å². The number of methoxy groups -OCH3 is 1. The minimum Gasteiger partial charge on any atom is -0.443 e. The second-order valence-corrected chi connectivity index (χ2v) is 4.98. The zero-order valence-corrected chi connectivity index (χ0v) is 10.2. The van der Waals surface area contributed by atoms with Gasteiger partial charge in [0.1, 0.15) is 5.60 Å². The number of hydrogen-bond acceptors (Lipinski definition) is 4. The average molecular weight is 229 g/mol. The molecule has 2 amide bonds. The quantitative estimate of drug-likeness (QED) is 0.689. The number of carbonyl (C=O) groups is 2. The first-order valence-corrected chi connectivity index (χ1v) is 5.37. The van der Waals surface area contributed by atoms with Gasteiger partial charge >= 0.3 is 6.09 Å². The average Bonchev–Trinajstić information content (AvgIpc) is 2.06. The highest BCUT2D eigenvalue weighted by Gasteiger charge is 2.37. The van der Waals surface area contributed by atoms with Crippen molar-refractivity contribution >= 4 is 12.5 Å². The molecular formula is C11H19NO4. The van der Waals surface area contributed by atoms with Crippen molar-refractivity contribution in [3.8, 4) is 0 Å². The molecular weight excluding hydrogens is 210 g/mol. The van der Waals surface area contributed by atoms with Crippen LogP contribution < -0.4 is 0 Å². The molecule has 0 spiro atoms. The van der Waals surface area contributed by atoms with Crippen LogP contribution in [0.4, 0.5) is 4.79 Å². The van der Waals surface area contributed by atoms with Crippen LogP contribution in [0.3, 0.4) is 0 Å². The topological polar surface area (TPSA) is 55.8 Å². The molecule has 0 N–H and O–H groups in total. The lowest BCUT2D eigenvalue weighted by molar-refractivity contribution is -0.124. The summed E-state index contributed by atoms with van der Waals surface area (Å²) in [5, 5.41) is 0. The molecule has 0 radical (unpaired) electrons. The van der Waals surface area contributed by atoms with Gasteiger partial charge in [-0.1, -0.05) is 0 Å². The fourth-order valence-corrected chi connectivity index (χ4v) is 1.55. The Morgan fingerprint density at radius 1 is 1.38 bits per heavy atom. The number of ether oxygens (including phenoxy) is 2. The molecule has 0 aromatic heterocycles. The summed E-state index contributed by atoms with van der Waals surface area (Å²) in [6.07, 6.45) is 1.48. The number of nitrogens with zero attached hydrogens (tertiary/aromatic N) is 1. The molecule has 16 heavy (non-hydrogen) atoms. The summed E-state index contributed by atoms with van der Waals surface area (Å²) in [6, 6.07) is -0.0858. The summed E-state index contributed by atoms with van der Waals surface area (Å²) < 4.78 is 10.2. The van der Waals surface area contributed by atoms with Crippen molar-refractivity contribution in [2.24, 2.45) is 0 Å². The van der Waals surface area contributed by atoms with Gasteiger partial charge in [-0.25, -0.2) is 9.69 Å². The van der Waals surface area contributed by atoms with E-state index in [0.29, 0.717) is 19.3 Å². The van der Waals surface area contributed by atoms with Crippen LogP contribution in [0.5, 0.6) is 0 Å². The summed E-state index contributed by atoms with van der Waals surface area (Å²) in [4.78, 5) is 23.6. The van der Waals surface area contributed by atoms with Crippen LogP contribution in [0.1, 0.15) is 33.6 Å². The molecule has 0 bridgehead atoms. The molecule has 0 saturated heterocycles. The first-order chi connectivity index (χ1) is 7.37. The Balaban J connectivity index is 2.49. The number of rotatable bonds is 3. The summed E-state index contributed by atoms with van der Waals surface area (Å²) in [7, 11) is 1.62. The molecule has 92 valence electrons. The van der Waals surface area contributed by atoms with Crippen LogP contribution in [0, 0.1) is 0 Å². The second-order valence-electron chi connectivity index (χ2n) is 4.98. The third-order valence-electron chi connectivity index (χ3n) is 2.51. The van der Waals surface area contributed by atoms with Crippen molar-refractivity contribution in [3.63, 3.8) is 0 Å². The van der Waals surface area contributed by atoms with Crippen molar-refractivity contribution in [1.29, 1.82) is 0 Å². The van der Waals surface area contributed by atoms with Crippen molar-refractivity contribution in [2.45, 2.75) is 51.4 Å². The monoisotopic (exact) mass is 229 g/mol. The Morgan fingerprint density at radius 3 is 2.31 bits per heavy atom. The minimum atomic E-state index is -0.581. The Labute approximate surface area is 95.7 Å². The molecule has 1 aliphatic rings. The van der Waals surface area contributed by atoms with Crippen LogP contribution in [-0.2, 0) is 14.3 Å². The van der Waals surface area contributed by atoms with E-state index in [1.54, 1.807) is 27.9 Å². The first kappa shape index (κ1) is 13.0. The van der Waals surface area contributed by atoms with Gasteiger partial charge in [0.2, 0.25) is 6.41 Å². The predicted octanol–water partition coefficient (Wildman–Crippen LogP) is 1.56. The molecule has 1 fully saturated rings. The zero-order valence-electron chi connectivity index (χ0n) is 10.2. The third kappa shape index (κ3) is 3.20. The smallest absolute Gasteiger partial charge is 0.417 e. The van der Waals surface area contributed by atoms with Gasteiger partial charge in [-0.3, -0.25) is 4.79 Å². The fourth-order valence-electron chi connectivity index (χ4n) is 1.55. The van der Waals surface area contributed by atoms with Gasteiger partial charge in [0.05, 0.1) is 6.10 Å². The van der Waals surface area contributed by atoms with Crippen molar-refractivity contribution in [2.75, 3.05) is 7.11 Å². The maximum absolute atomic E-state index is 11.7. The van der Waals surface area contributed by atoms with E-state index in [2.05, 4.69) is 0 Å². The molecule has 0 heterocycles. The van der Waals surface area contributed by atoms with Gasteiger partial charge in [0, 0.05) is 13.2 Å². The van der Waals surface area contributed by atoms with E-state index in [9.17, 15) is 9.59 Å². The molecule has 0 unspecified atom stereocenters. The number of imide groups is 1. The highest BCUT2D eigenvalue weighted by molar-refractivity contribution is 5.81. The van der Waals surface area contributed by atoms with Crippen LogP contribution in [0.15, 0.2) is 0 Å². The van der Waals surface area contributed by atoms with Gasteiger partial charge < -0.3 is 9.47 Å². The highest BCUT2D eigenvalue weighted by Crippen LogP contribution is 2.28. The molecule has 1 saturated carbocycles. The predicted molar refractivity (Wildman–Crippen MR) is 58.0 cm³/mol. The zero-order chi connectivity index (χ0) is 12.3. The molecule has 0 aliphatic heterocycles. The van der Waals surface area contributed by atoms with Crippen LogP contribution in [0.2, 0.25) is 0 Å². The summed E-state index contributed by atoms with van der Waals surface area (Å²) in [5.74, 6) is 0. The number of carbonyl (C=O) groups excluding carboxylic acids is 2. The van der Waals surface area contributed by atoms with E-state index in [0.717, 1.165) is 4.90 Å². The number of amides is 2. The Hall–Kier alpha value is -1.10. The van der Waals surface area contributed by atoms with E-state index in [1.165, 1.54) is 0 Å². The van der Waals surface area contributed by atoms with E-state index in [1.807, 2.05) is 0 Å². The van der Waals surface area contributed by atoms with Gasteiger partial charge in [0.25, 0.3) is 0 Å². The van der Waals surface area contributed by atoms with Crippen molar-refractivity contribution < 1.29 is 19.1 Å². The molecule has 1 aliphatic carbocycles. The van der Waals surface area contributed by atoms with Crippen LogP contribution >= 0.6 is 0 Å². The minimum absolute atomic E-state index is 0.0858. The third-order valence-corrected chi connectivity index (χ3v) is 2.51. The summed E-state index contributed by atoms with van der Waals surface area (Å²) in [6.45, 7) is 5.31. The van der Waals surface area contributed by atoms with Gasteiger partial charge in [-0.15, -0.1) is 0 Å². The normalized spacial score (nSPS) is 24.5. The lowest BCUT2D eigenvalue weighted by Gasteiger charge is -2.39. The fraction of sp³-hybridized carbons (Fsp3) is 0.818. The van der Waals surface area contributed by atoms with Gasteiger partial charge in [-0.05, 0) is 33.6 Å². The highest BCUT2D eigenvalue weighted by atomic mass is 16.6. The van der Waals surface area contributed by atoms with E-state index in [4.69, 9.17) is 9.47 Å². The van der Waals surface area contributed by atoms with E-state index in [-0.39, 0.29) is 12.1 Å². The Morgan fingerprint density at radius 2 is 1.94 bits per heavy atom. The standard InChI is InChI=1S/C11H19NO4/c1-11(2,3)16-10(14)12(7-13)8-5-9(6-8)15-4/h7-9H,5-6H2,1-4H3. The molecule has 5 heteroatoms. The van der Waals surface area contributed by atoms with Crippen LogP contribution in [-0.4, -0.2) is 42.3 Å². The Kier molecular flexibility index (Phi) is 3.91. The second kappa shape index (κ2) is 4.82. The summed E-state index contributed by atoms with van der Waals surface area (Å²) >= 11 is 0. The van der Waals surface area contributed by atoms with E-state index < -0.39 is 11.7 Å². The first-order valence-electron chi connectivity index (χ1n) is 5.37. The summed E-state index contributed by atoms with van der Waals surface area (Å²) in [5.41, 5.74) is -0.581. The molecule has 5 nitrogen and oxygen atoms in total. The maximum Gasteiger partial charge on any atom is 0.417 e. The largest absolute Gasteiger partial charge is 0.443 e. The van der Waals surface area contributed by atoms with Crippen LogP contribution in [0.25, 0.3) is 0 Å². The molecule has 0 aromatic carbocycles. The lowest BCUT2D eigenvalue weighted by Crippen LogP contribution is -2.51. The molecule has 0 atom stereocenters. The van der Waals surface area contributed by atoms with Crippen molar-refractivity contribution in [1.82, 2.24) is 4.90 Å². The number of hydrogen-bond donors (Lipinski definition) is 0. The SMILES string of the molecule is COC1CC(N(C=O)C(=O)OC(C)(C)C)C1.